The van der Waals surface area contributed by atoms with E-state index in [-0.39, 0.29) is 5.91 Å². The fraction of sp³-hybridized carbons (Fsp3) is 0.357. The molecule has 1 N–H and O–H groups in total. The van der Waals surface area contributed by atoms with Crippen molar-refractivity contribution in [3.8, 4) is 11.4 Å². The number of rotatable bonds is 5. The first-order chi connectivity index (χ1) is 9.70. The van der Waals surface area contributed by atoms with Crippen molar-refractivity contribution in [3.05, 3.63) is 33.7 Å². The fourth-order valence-electron chi connectivity index (χ4n) is 1.82. The second kappa shape index (κ2) is 5.90. The van der Waals surface area contributed by atoms with Gasteiger partial charge in [-0.25, -0.2) is 0 Å². The molecule has 1 aliphatic carbocycles. The summed E-state index contributed by atoms with van der Waals surface area (Å²) in [6, 6.07) is 8.30. The van der Waals surface area contributed by atoms with Gasteiger partial charge < -0.3 is 9.84 Å². The first kappa shape index (κ1) is 13.5. The van der Waals surface area contributed by atoms with Crippen molar-refractivity contribution in [1.82, 2.24) is 15.5 Å². The van der Waals surface area contributed by atoms with E-state index in [4.69, 9.17) is 4.52 Å². The third kappa shape index (κ3) is 3.56. The van der Waals surface area contributed by atoms with Gasteiger partial charge in [0, 0.05) is 28.0 Å². The van der Waals surface area contributed by atoms with E-state index < -0.39 is 0 Å². The minimum atomic E-state index is 0.0570. The van der Waals surface area contributed by atoms with Crippen LogP contribution in [0.15, 0.2) is 28.8 Å². The van der Waals surface area contributed by atoms with Crippen molar-refractivity contribution in [2.75, 3.05) is 0 Å². The summed E-state index contributed by atoms with van der Waals surface area (Å²) in [5.41, 5.74) is 0.919. The highest BCUT2D eigenvalue weighted by Gasteiger charge is 2.23. The molecule has 0 aliphatic heterocycles. The molecule has 0 bridgehead atoms. The summed E-state index contributed by atoms with van der Waals surface area (Å²) in [6.45, 7) is 0. The number of carbonyl (C=O) groups excluding carboxylic acids is 1. The third-order valence-electron chi connectivity index (χ3n) is 3.08. The molecule has 1 fully saturated rings. The van der Waals surface area contributed by atoms with Gasteiger partial charge >= 0.3 is 0 Å². The normalized spacial score (nSPS) is 14.2. The molecule has 5 nitrogen and oxygen atoms in total. The Morgan fingerprint density at radius 1 is 1.35 bits per heavy atom. The molecule has 0 atom stereocenters. The largest absolute Gasteiger partial charge is 0.353 e. The lowest BCUT2D eigenvalue weighted by atomic mass is 10.2. The molecule has 2 aromatic rings. The lowest BCUT2D eigenvalue weighted by Crippen LogP contribution is -2.25. The minimum Gasteiger partial charge on any atom is -0.353 e. The van der Waals surface area contributed by atoms with Crippen molar-refractivity contribution in [1.29, 1.82) is 0 Å². The highest BCUT2D eigenvalue weighted by Crippen LogP contribution is 2.19. The van der Waals surface area contributed by atoms with Crippen LogP contribution in [0.3, 0.4) is 0 Å². The highest BCUT2D eigenvalue weighted by molar-refractivity contribution is 14.1. The summed E-state index contributed by atoms with van der Waals surface area (Å²) in [5, 5.41) is 6.89. The molecular weight excluding hydrogens is 369 g/mol. The van der Waals surface area contributed by atoms with Crippen LogP contribution in [-0.4, -0.2) is 22.1 Å². The van der Waals surface area contributed by atoms with Gasteiger partial charge in [0.25, 0.3) is 0 Å². The predicted octanol–water partition coefficient (Wildman–Crippen LogP) is 2.55. The first-order valence-electron chi connectivity index (χ1n) is 6.58. The average molecular weight is 383 g/mol. The van der Waals surface area contributed by atoms with Crippen LogP contribution in [0.2, 0.25) is 0 Å². The number of hydrogen-bond donors (Lipinski definition) is 1. The number of nitrogens with zero attached hydrogens (tertiary/aromatic N) is 2. The zero-order valence-electron chi connectivity index (χ0n) is 10.8. The summed E-state index contributed by atoms with van der Waals surface area (Å²) in [5.74, 6) is 1.13. The van der Waals surface area contributed by atoms with Crippen molar-refractivity contribution < 1.29 is 9.32 Å². The molecule has 1 aliphatic rings. The second-order valence-corrected chi connectivity index (χ2v) is 6.11. The first-order valence-corrected chi connectivity index (χ1v) is 7.66. The SMILES string of the molecule is O=C(CCc1nc(-c2ccc(I)cc2)no1)NC1CC1. The second-order valence-electron chi connectivity index (χ2n) is 4.86. The van der Waals surface area contributed by atoms with Crippen LogP contribution in [0.25, 0.3) is 11.4 Å². The monoisotopic (exact) mass is 383 g/mol. The van der Waals surface area contributed by atoms with Crippen LogP contribution < -0.4 is 5.32 Å². The number of halogens is 1. The molecule has 104 valence electrons. The van der Waals surface area contributed by atoms with Gasteiger partial charge in [0.2, 0.25) is 17.6 Å². The van der Waals surface area contributed by atoms with Crippen molar-refractivity contribution in [2.24, 2.45) is 0 Å². The Labute approximate surface area is 130 Å². The Kier molecular flexibility index (Phi) is 4.00. The number of carbonyl (C=O) groups is 1. The Balaban J connectivity index is 1.58. The number of hydrogen-bond acceptors (Lipinski definition) is 4. The molecule has 1 amide bonds. The Bertz CT molecular complexity index is 605. The van der Waals surface area contributed by atoms with Gasteiger partial charge in [-0.15, -0.1) is 0 Å². The molecular formula is C14H14IN3O2. The van der Waals surface area contributed by atoms with Gasteiger partial charge in [0.1, 0.15) is 0 Å². The van der Waals surface area contributed by atoms with E-state index >= 15 is 0 Å². The summed E-state index contributed by atoms with van der Waals surface area (Å²) in [4.78, 5) is 15.9. The molecule has 0 unspecified atom stereocenters. The van der Waals surface area contributed by atoms with Crippen LogP contribution in [-0.2, 0) is 11.2 Å². The molecule has 3 rings (SSSR count). The zero-order valence-corrected chi connectivity index (χ0v) is 13.0. The van der Waals surface area contributed by atoms with Crippen LogP contribution in [0, 0.1) is 3.57 Å². The zero-order chi connectivity index (χ0) is 13.9. The molecule has 1 aromatic heterocycles. The summed E-state index contributed by atoms with van der Waals surface area (Å²) in [7, 11) is 0. The van der Waals surface area contributed by atoms with E-state index in [1.807, 2.05) is 24.3 Å². The Morgan fingerprint density at radius 3 is 2.80 bits per heavy atom. The van der Waals surface area contributed by atoms with Crippen LogP contribution >= 0.6 is 22.6 Å². The van der Waals surface area contributed by atoms with E-state index in [0.717, 1.165) is 22.0 Å². The van der Waals surface area contributed by atoms with E-state index in [0.29, 0.717) is 30.6 Å². The van der Waals surface area contributed by atoms with Gasteiger partial charge in [-0.3, -0.25) is 4.79 Å². The Morgan fingerprint density at radius 2 is 2.10 bits per heavy atom. The molecule has 6 heteroatoms. The summed E-state index contributed by atoms with van der Waals surface area (Å²) >= 11 is 2.25. The lowest BCUT2D eigenvalue weighted by Gasteiger charge is -1.99. The van der Waals surface area contributed by atoms with Gasteiger partial charge in [0.05, 0.1) is 0 Å². The maximum atomic E-state index is 11.6. The van der Waals surface area contributed by atoms with Crippen molar-refractivity contribution in [3.63, 3.8) is 0 Å². The molecule has 20 heavy (non-hydrogen) atoms. The smallest absolute Gasteiger partial charge is 0.227 e. The van der Waals surface area contributed by atoms with Crippen LogP contribution in [0.4, 0.5) is 0 Å². The molecule has 1 heterocycles. The summed E-state index contributed by atoms with van der Waals surface area (Å²) < 4.78 is 6.34. The van der Waals surface area contributed by atoms with E-state index in [9.17, 15) is 4.79 Å². The summed E-state index contributed by atoms with van der Waals surface area (Å²) in [6.07, 6.45) is 3.08. The van der Waals surface area contributed by atoms with Crippen LogP contribution in [0.5, 0.6) is 0 Å². The minimum absolute atomic E-state index is 0.0570. The van der Waals surface area contributed by atoms with Crippen molar-refractivity contribution in [2.45, 2.75) is 31.7 Å². The number of benzene rings is 1. The van der Waals surface area contributed by atoms with E-state index in [2.05, 4.69) is 38.0 Å². The molecule has 0 radical (unpaired) electrons. The standard InChI is InChI=1S/C14H14IN3O2/c15-10-3-1-9(2-4-10)14-17-13(20-18-14)8-7-12(19)16-11-5-6-11/h1-4,11H,5-8H2,(H,16,19). The Hall–Kier alpha value is -1.44. The molecule has 0 spiro atoms. The average Bonchev–Trinajstić information content (AvgIpc) is 3.12. The molecule has 0 saturated heterocycles. The van der Waals surface area contributed by atoms with E-state index in [1.54, 1.807) is 0 Å². The van der Waals surface area contributed by atoms with Crippen LogP contribution in [0.1, 0.15) is 25.2 Å². The van der Waals surface area contributed by atoms with Crippen molar-refractivity contribution >= 4 is 28.5 Å². The maximum absolute atomic E-state index is 11.6. The quantitative estimate of drug-likeness (QED) is 0.806. The predicted molar refractivity (Wildman–Crippen MR) is 81.9 cm³/mol. The number of aromatic nitrogens is 2. The van der Waals surface area contributed by atoms with Gasteiger partial charge in [-0.05, 0) is 47.6 Å². The maximum Gasteiger partial charge on any atom is 0.227 e. The number of amides is 1. The number of nitrogens with one attached hydrogen (secondary N) is 1. The van der Waals surface area contributed by atoms with Gasteiger partial charge in [-0.1, -0.05) is 17.3 Å². The van der Waals surface area contributed by atoms with Gasteiger partial charge in [0.15, 0.2) is 0 Å². The number of aryl methyl sites for hydroxylation is 1. The molecule has 1 saturated carbocycles. The fourth-order valence-corrected chi connectivity index (χ4v) is 2.18. The van der Waals surface area contributed by atoms with Gasteiger partial charge in [-0.2, -0.15) is 4.98 Å². The van der Waals surface area contributed by atoms with E-state index in [1.165, 1.54) is 0 Å². The third-order valence-corrected chi connectivity index (χ3v) is 3.80. The topological polar surface area (TPSA) is 68.0 Å². The molecule has 1 aromatic carbocycles. The highest BCUT2D eigenvalue weighted by atomic mass is 127. The lowest BCUT2D eigenvalue weighted by molar-refractivity contribution is -0.121.